The first-order valence-corrected chi connectivity index (χ1v) is 9.32. The monoisotopic (exact) mass is 294 g/mol. The minimum absolute atomic E-state index is 0.196. The van der Waals surface area contributed by atoms with Crippen molar-refractivity contribution in [3.05, 3.63) is 12.2 Å². The summed E-state index contributed by atoms with van der Waals surface area (Å²) in [5.74, 6) is -0.896. The fourth-order valence-corrected chi connectivity index (χ4v) is 9.39. The van der Waals surface area contributed by atoms with Gasteiger partial charge in [-0.05, 0) is 12.8 Å². The molecule has 0 saturated carbocycles. The Bertz CT molecular complexity index is 230. The van der Waals surface area contributed by atoms with Crippen LogP contribution in [0.4, 0.5) is 0 Å². The highest BCUT2D eigenvalue weighted by Gasteiger charge is 2.32. The van der Waals surface area contributed by atoms with Crippen LogP contribution in [0.25, 0.3) is 0 Å². The fraction of sp³-hybridized carbons (Fsp3) is 0.667. The third-order valence-corrected chi connectivity index (χ3v) is 9.89. The quantitative estimate of drug-likeness (QED) is 0.400. The van der Waals surface area contributed by atoms with Gasteiger partial charge in [0.1, 0.15) is 0 Å². The lowest BCUT2D eigenvalue weighted by molar-refractivity contribution is -0.131. The summed E-state index contributed by atoms with van der Waals surface area (Å²) in [6.07, 6.45) is 4.60. The van der Waals surface area contributed by atoms with Crippen LogP contribution < -0.4 is 0 Å². The van der Waals surface area contributed by atoms with Crippen LogP contribution in [0.3, 0.4) is 0 Å². The van der Waals surface area contributed by atoms with E-state index in [1.165, 1.54) is 6.08 Å². The first-order chi connectivity index (χ1) is 8.10. The highest BCUT2D eigenvalue weighted by Crippen LogP contribution is 2.28. The molecular weight excluding hydrogens is 272 g/mol. The molecule has 0 bridgehead atoms. The number of aliphatic carboxylic acids is 1. The van der Waals surface area contributed by atoms with E-state index in [1.54, 1.807) is 27.4 Å². The van der Waals surface area contributed by atoms with Crippen molar-refractivity contribution in [1.29, 1.82) is 0 Å². The Kier molecular flexibility index (Phi) is 9.59. The van der Waals surface area contributed by atoms with Gasteiger partial charge in [0.15, 0.2) is 29.3 Å². The maximum absolute atomic E-state index is 10.4. The predicted octanol–water partition coefficient (Wildman–Crippen LogP) is -1.33. The van der Waals surface area contributed by atoms with Gasteiger partial charge >= 0.3 is 5.97 Å². The van der Waals surface area contributed by atoms with Crippen LogP contribution in [-0.2, 0) is 18.1 Å². The zero-order valence-electron chi connectivity index (χ0n) is 10.8. The van der Waals surface area contributed by atoms with Gasteiger partial charge < -0.3 is 18.4 Å². The Morgan fingerprint density at radius 2 is 1.65 bits per heavy atom. The lowest BCUT2D eigenvalue weighted by Gasteiger charge is -2.29. The van der Waals surface area contributed by atoms with E-state index in [4.69, 9.17) is 18.4 Å². The lowest BCUT2D eigenvalue weighted by atomic mass is 10.3. The van der Waals surface area contributed by atoms with E-state index >= 15 is 0 Å². The summed E-state index contributed by atoms with van der Waals surface area (Å²) in [6.45, 7) is 0. The summed E-state index contributed by atoms with van der Waals surface area (Å²) in [4.78, 5) is 10.4. The molecule has 0 aliphatic carbocycles. The number of rotatable bonds is 10. The van der Waals surface area contributed by atoms with Crippen molar-refractivity contribution < 1.29 is 23.2 Å². The minimum atomic E-state index is -0.896. The lowest BCUT2D eigenvalue weighted by Crippen LogP contribution is -2.36. The highest BCUT2D eigenvalue weighted by atomic mass is 28.4. The van der Waals surface area contributed by atoms with Gasteiger partial charge in [-0.15, -0.1) is 0 Å². The zero-order chi connectivity index (χ0) is 13.1. The van der Waals surface area contributed by atoms with Crippen molar-refractivity contribution in [2.75, 3.05) is 21.3 Å². The van der Waals surface area contributed by atoms with Gasteiger partial charge in [-0.1, -0.05) is 6.08 Å². The van der Waals surface area contributed by atoms with E-state index in [-0.39, 0.29) is 4.28 Å². The molecule has 17 heavy (non-hydrogen) atoms. The van der Waals surface area contributed by atoms with E-state index in [9.17, 15) is 4.79 Å². The summed E-state index contributed by atoms with van der Waals surface area (Å²) in [7, 11) is 3.27. The standard InChI is InChI=1S/C9H22O5Si3/c1-12-15-9(16-13-2,17-14-3)7-5-4-6-8(10)11/h4,6H,5,7,15-17H2,1-3H3,(H,10,11). The van der Waals surface area contributed by atoms with Gasteiger partial charge in [-0.3, -0.25) is 0 Å². The molecule has 0 amide bonds. The zero-order valence-corrected chi connectivity index (χ0v) is 15.0. The van der Waals surface area contributed by atoms with Gasteiger partial charge in [-0.2, -0.15) is 0 Å². The molecule has 0 aromatic heterocycles. The smallest absolute Gasteiger partial charge is 0.327 e. The molecule has 0 rings (SSSR count). The fourth-order valence-electron chi connectivity index (χ4n) is 1.83. The Balaban J connectivity index is 4.37. The van der Waals surface area contributed by atoms with E-state index in [0.29, 0.717) is 0 Å². The molecule has 0 aliphatic heterocycles. The van der Waals surface area contributed by atoms with Gasteiger partial charge in [0.05, 0.1) is 0 Å². The van der Waals surface area contributed by atoms with E-state index in [1.807, 2.05) is 0 Å². The van der Waals surface area contributed by atoms with Gasteiger partial charge in [0.25, 0.3) is 0 Å². The molecular formula is C9H22O5Si3. The van der Waals surface area contributed by atoms with Crippen molar-refractivity contribution in [3.63, 3.8) is 0 Å². The Morgan fingerprint density at radius 1 is 1.18 bits per heavy atom. The van der Waals surface area contributed by atoms with Crippen LogP contribution >= 0.6 is 0 Å². The van der Waals surface area contributed by atoms with Gasteiger partial charge in [0, 0.05) is 31.7 Å². The van der Waals surface area contributed by atoms with Crippen molar-refractivity contribution in [2.45, 2.75) is 17.1 Å². The molecule has 0 fully saturated rings. The van der Waals surface area contributed by atoms with Gasteiger partial charge in [-0.25, -0.2) is 4.79 Å². The van der Waals surface area contributed by atoms with Crippen LogP contribution in [0.1, 0.15) is 12.8 Å². The molecule has 0 saturated heterocycles. The minimum Gasteiger partial charge on any atom is -0.478 e. The highest BCUT2D eigenvalue weighted by molar-refractivity contribution is 6.73. The second-order valence-corrected chi connectivity index (χ2v) is 14.2. The Morgan fingerprint density at radius 3 is 2.00 bits per heavy atom. The maximum Gasteiger partial charge on any atom is 0.327 e. The molecule has 0 radical (unpaired) electrons. The molecule has 100 valence electrons. The van der Waals surface area contributed by atoms with Crippen molar-refractivity contribution >= 4 is 35.3 Å². The molecule has 0 atom stereocenters. The molecule has 1 N–H and O–H groups in total. The third-order valence-electron chi connectivity index (χ3n) is 2.45. The van der Waals surface area contributed by atoms with Crippen molar-refractivity contribution in [3.8, 4) is 0 Å². The summed E-state index contributed by atoms with van der Waals surface area (Å²) in [5.41, 5.74) is 0. The Hall–Kier alpha value is -0.259. The average Bonchev–Trinajstić information content (AvgIpc) is 2.25. The predicted molar refractivity (Wildman–Crippen MR) is 75.4 cm³/mol. The van der Waals surface area contributed by atoms with Crippen LogP contribution in [0.2, 0.25) is 4.28 Å². The number of carboxylic acid groups (broad SMARTS) is 1. The Labute approximate surface area is 109 Å². The third kappa shape index (κ3) is 7.63. The summed E-state index contributed by atoms with van der Waals surface area (Å²) in [5, 5.41) is 8.52. The topological polar surface area (TPSA) is 65.0 Å². The van der Waals surface area contributed by atoms with Crippen LogP contribution in [0, 0.1) is 0 Å². The maximum atomic E-state index is 10.4. The van der Waals surface area contributed by atoms with E-state index < -0.39 is 35.3 Å². The average molecular weight is 295 g/mol. The number of carbonyl (C=O) groups is 1. The number of carboxylic acids is 1. The molecule has 0 aliphatic rings. The van der Waals surface area contributed by atoms with E-state index in [0.717, 1.165) is 12.8 Å². The summed E-state index contributed by atoms with van der Waals surface area (Å²) in [6, 6.07) is 0. The molecule has 5 nitrogen and oxygen atoms in total. The normalized spacial score (nSPS) is 17.1. The van der Waals surface area contributed by atoms with Crippen molar-refractivity contribution in [2.24, 2.45) is 0 Å². The molecule has 0 heterocycles. The van der Waals surface area contributed by atoms with Crippen molar-refractivity contribution in [1.82, 2.24) is 0 Å². The van der Waals surface area contributed by atoms with Gasteiger partial charge in [0.2, 0.25) is 0 Å². The second-order valence-electron chi connectivity index (χ2n) is 4.08. The molecule has 8 heteroatoms. The van der Waals surface area contributed by atoms with Crippen LogP contribution in [0.15, 0.2) is 12.2 Å². The first kappa shape index (κ1) is 16.7. The molecule has 0 unspecified atom stereocenters. The molecule has 0 aromatic rings. The molecule has 0 spiro atoms. The van der Waals surface area contributed by atoms with Crippen LogP contribution in [-0.4, -0.2) is 61.7 Å². The SMILES string of the molecule is CO[SiH2]C(CCC=CC(=O)O)([SiH2]OC)[SiH2]OC. The summed E-state index contributed by atoms with van der Waals surface area (Å²) >= 11 is 0. The second kappa shape index (κ2) is 9.74. The number of allylic oxidation sites excluding steroid dienone is 1. The van der Waals surface area contributed by atoms with Crippen LogP contribution in [0.5, 0.6) is 0 Å². The largest absolute Gasteiger partial charge is 0.478 e. The molecule has 0 aromatic carbocycles. The first-order valence-electron chi connectivity index (χ1n) is 5.46. The number of hydrogen-bond acceptors (Lipinski definition) is 4. The number of hydrogen-bond donors (Lipinski definition) is 1. The summed E-state index contributed by atoms with van der Waals surface area (Å²) < 4.78 is 16.4. The van der Waals surface area contributed by atoms with E-state index in [2.05, 4.69) is 0 Å².